The van der Waals surface area contributed by atoms with Gasteiger partial charge in [-0.1, -0.05) is 0 Å². The predicted molar refractivity (Wildman–Crippen MR) is 19.4 cm³/mol. The fraction of sp³-hybridized carbons (Fsp3) is 0. The molecule has 0 radical (unpaired) electrons. The van der Waals surface area contributed by atoms with Crippen molar-refractivity contribution in [3.05, 3.63) is 0 Å². The second-order valence-electron chi connectivity index (χ2n) is 0.491. The average molecular weight is 349 g/mol. The van der Waals surface area contributed by atoms with Crippen LogP contribution in [0.2, 0.25) is 0 Å². The zero-order valence-corrected chi connectivity index (χ0v) is 10.8. The second kappa shape index (κ2) is 9.12. The molecule has 0 unspecified atom stereocenters. The smallest absolute Gasteiger partial charge is 2.00 e. The Bertz CT molecular complexity index is 62.2. The van der Waals surface area contributed by atoms with Crippen LogP contribution in [0.3, 0.4) is 0 Å². The van der Waals surface area contributed by atoms with Gasteiger partial charge in [0.15, 0.2) is 0 Å². The van der Waals surface area contributed by atoms with Crippen LogP contribution in [-0.2, 0) is 67.7 Å². The molecule has 0 fully saturated rings. The molecular weight excluding hydrogens is 347 g/mol. The van der Waals surface area contributed by atoms with Crippen molar-refractivity contribution in [1.82, 2.24) is 0 Å². The summed E-state index contributed by atoms with van der Waals surface area (Å²) in [6, 6.07) is 0. The Balaban J connectivity index is -0.0000000267. The molecule has 0 rings (SSSR count). The monoisotopic (exact) mass is 350 g/mol. The summed E-state index contributed by atoms with van der Waals surface area (Å²) in [7, 11) is -4.89. The molecular formula is H2AgCdO4PS. The van der Waals surface area contributed by atoms with E-state index in [0.717, 1.165) is 0 Å². The van der Waals surface area contributed by atoms with Crippen LogP contribution in [0.1, 0.15) is 0 Å². The Kier molecular flexibility index (Phi) is 25.6. The molecule has 0 saturated carbocycles. The zero-order valence-electron chi connectivity index (χ0n) is 3.58. The quantitative estimate of drug-likeness (QED) is 0.409. The topological polar surface area (TPSA) is 80.6 Å². The number of phosphoric acid groups is 1. The minimum atomic E-state index is -4.89. The fourth-order valence-corrected chi connectivity index (χ4v) is 0. The molecule has 0 aliphatic carbocycles. The van der Waals surface area contributed by atoms with Gasteiger partial charge < -0.3 is 28.2 Å². The van der Waals surface area contributed by atoms with Crippen molar-refractivity contribution < 1.29 is 68.9 Å². The molecule has 2 N–H and O–H groups in total. The van der Waals surface area contributed by atoms with E-state index in [4.69, 9.17) is 19.2 Å². The van der Waals surface area contributed by atoms with Crippen molar-refractivity contribution in [2.45, 2.75) is 0 Å². The van der Waals surface area contributed by atoms with Gasteiger partial charge in [-0.25, -0.2) is 0 Å². The van der Waals surface area contributed by atoms with Gasteiger partial charge in [0.2, 0.25) is 0 Å². The summed E-state index contributed by atoms with van der Waals surface area (Å²) < 4.78 is 8.77. The average Bonchev–Trinajstić information content (AvgIpc) is 0.722. The normalized spacial score (nSPS) is 7.38. The molecule has 0 aromatic carbocycles. The first kappa shape index (κ1) is 22.5. The standard InChI is InChI=1S/Ag.Cd.H3O4P.S/c;;1-5(2,3)4;/h;;(H3,1,2,3,4);/q+1;+2;;-2/p-1. The number of rotatable bonds is 0. The first-order valence-corrected chi connectivity index (χ1v) is 2.30. The second-order valence-corrected chi connectivity index (χ2v) is 1.47. The van der Waals surface area contributed by atoms with E-state index < -0.39 is 7.82 Å². The summed E-state index contributed by atoms with van der Waals surface area (Å²) in [6.45, 7) is 0. The molecule has 4 nitrogen and oxygen atoms in total. The van der Waals surface area contributed by atoms with Gasteiger partial charge in [-0.2, -0.15) is 0 Å². The molecule has 0 saturated heterocycles. The van der Waals surface area contributed by atoms with E-state index in [1.165, 1.54) is 0 Å². The van der Waals surface area contributed by atoms with Crippen molar-refractivity contribution >= 4 is 21.3 Å². The minimum Gasteiger partial charge on any atom is -2.00 e. The van der Waals surface area contributed by atoms with Crippen LogP contribution < -0.4 is 4.89 Å². The van der Waals surface area contributed by atoms with Crippen LogP contribution in [0, 0.1) is 0 Å². The summed E-state index contributed by atoms with van der Waals surface area (Å²) >= 11 is 0. The summed E-state index contributed by atoms with van der Waals surface area (Å²) in [5.41, 5.74) is 0. The SMILES string of the molecule is O=P([O-])(O)O.[Ag+].[Cd+2].[S-2]. The zero-order chi connectivity index (χ0) is 4.50. The Labute approximate surface area is 89.4 Å². The van der Waals surface area contributed by atoms with Crippen LogP contribution in [0.25, 0.3) is 0 Å². The van der Waals surface area contributed by atoms with E-state index in [0.29, 0.717) is 0 Å². The van der Waals surface area contributed by atoms with Crippen molar-refractivity contribution in [3.63, 3.8) is 0 Å². The molecule has 0 aliphatic rings. The summed E-state index contributed by atoms with van der Waals surface area (Å²) in [4.78, 5) is 22.9. The third kappa shape index (κ3) is 91.5. The first-order chi connectivity index (χ1) is 2.00. The van der Waals surface area contributed by atoms with E-state index in [9.17, 15) is 0 Å². The Morgan fingerprint density at radius 2 is 1.38 bits per heavy atom. The van der Waals surface area contributed by atoms with E-state index in [1.807, 2.05) is 0 Å². The Hall–Kier alpha value is 2.12. The maximum Gasteiger partial charge on any atom is 2.00 e. The minimum absolute atomic E-state index is 0. The van der Waals surface area contributed by atoms with E-state index in [-0.39, 0.29) is 63.2 Å². The van der Waals surface area contributed by atoms with Gasteiger partial charge in [-0.3, -0.25) is 4.57 Å². The fourth-order valence-electron chi connectivity index (χ4n) is 0. The van der Waals surface area contributed by atoms with E-state index >= 15 is 0 Å². The maximum absolute atomic E-state index is 8.77. The Morgan fingerprint density at radius 3 is 1.38 bits per heavy atom. The van der Waals surface area contributed by atoms with Crippen LogP contribution in [-0.4, -0.2) is 9.79 Å². The van der Waals surface area contributed by atoms with Gasteiger partial charge in [0, 0.05) is 0 Å². The molecule has 0 amide bonds. The third-order valence-electron chi connectivity index (χ3n) is 0. The molecule has 0 aromatic rings. The van der Waals surface area contributed by atoms with Gasteiger partial charge in [0.1, 0.15) is 0 Å². The van der Waals surface area contributed by atoms with Gasteiger partial charge in [-0.05, 0) is 0 Å². The predicted octanol–water partition coefficient (Wildman–Crippen LogP) is -1.57. The molecule has 0 heterocycles. The van der Waals surface area contributed by atoms with Crippen LogP contribution >= 0.6 is 7.82 Å². The van der Waals surface area contributed by atoms with Crippen LogP contribution in [0.4, 0.5) is 0 Å². The van der Waals surface area contributed by atoms with Crippen molar-refractivity contribution in [2.24, 2.45) is 0 Å². The largest absolute Gasteiger partial charge is 2.00 e. The third-order valence-corrected chi connectivity index (χ3v) is 0. The first-order valence-electron chi connectivity index (χ1n) is 0.765. The van der Waals surface area contributed by atoms with Gasteiger partial charge in [-0.15, -0.1) is 0 Å². The molecule has 0 aliphatic heterocycles. The Morgan fingerprint density at radius 1 is 1.38 bits per heavy atom. The van der Waals surface area contributed by atoms with Crippen LogP contribution in [0.5, 0.6) is 0 Å². The van der Waals surface area contributed by atoms with Crippen molar-refractivity contribution in [1.29, 1.82) is 0 Å². The molecule has 0 aromatic heterocycles. The molecule has 0 bridgehead atoms. The van der Waals surface area contributed by atoms with Gasteiger partial charge >= 0.3 is 49.7 Å². The molecule has 50 valence electrons. The molecule has 8 heteroatoms. The summed E-state index contributed by atoms with van der Waals surface area (Å²) in [5, 5.41) is 0. The number of hydrogen-bond donors (Lipinski definition) is 2. The molecule has 8 heavy (non-hydrogen) atoms. The van der Waals surface area contributed by atoms with Gasteiger partial charge in [0.05, 0.1) is 0 Å². The van der Waals surface area contributed by atoms with Crippen molar-refractivity contribution in [2.75, 3.05) is 0 Å². The molecule has 0 spiro atoms. The molecule has 0 atom stereocenters. The maximum atomic E-state index is 8.77. The van der Waals surface area contributed by atoms with Crippen LogP contribution in [0.15, 0.2) is 0 Å². The summed E-state index contributed by atoms with van der Waals surface area (Å²) in [6.07, 6.45) is 0. The van der Waals surface area contributed by atoms with Crippen molar-refractivity contribution in [3.8, 4) is 0 Å². The van der Waals surface area contributed by atoms with E-state index in [2.05, 4.69) is 0 Å². The summed E-state index contributed by atoms with van der Waals surface area (Å²) in [5.74, 6) is 0. The van der Waals surface area contributed by atoms with E-state index in [1.54, 1.807) is 0 Å². The number of hydrogen-bond acceptors (Lipinski definition) is 2. The van der Waals surface area contributed by atoms with Gasteiger partial charge in [0.25, 0.3) is 7.82 Å².